The minimum Gasteiger partial charge on any atom is -0.461 e. The molecule has 1 N–H and O–H groups in total. The summed E-state index contributed by atoms with van der Waals surface area (Å²) in [6.45, 7) is 3.96. The van der Waals surface area contributed by atoms with Crippen LogP contribution in [0.1, 0.15) is 12.5 Å². The molecule has 0 spiro atoms. The summed E-state index contributed by atoms with van der Waals surface area (Å²) in [5.41, 5.74) is 6.57. The first kappa shape index (κ1) is 22.3. The van der Waals surface area contributed by atoms with Gasteiger partial charge >= 0.3 is 5.97 Å². The average molecular weight is 458 g/mol. The summed E-state index contributed by atoms with van der Waals surface area (Å²) in [6.07, 6.45) is 0. The van der Waals surface area contributed by atoms with Crippen molar-refractivity contribution >= 4 is 28.5 Å². The van der Waals surface area contributed by atoms with Gasteiger partial charge in [-0.1, -0.05) is 66.7 Å². The Hall–Kier alpha value is -3.91. The Morgan fingerprint density at radius 1 is 0.970 bits per heavy atom. The summed E-state index contributed by atoms with van der Waals surface area (Å²) in [5.74, 6) is 0.131. The second kappa shape index (κ2) is 10.6. The van der Waals surface area contributed by atoms with Crippen molar-refractivity contribution < 1.29 is 9.53 Å². The fraction of sp³-hybridized carbons (Fsp3) is 0.120. The van der Waals surface area contributed by atoms with E-state index in [1.165, 1.54) is 0 Å². The molecule has 0 aliphatic heterocycles. The average Bonchev–Trinajstić information content (AvgIpc) is 3.27. The number of ether oxygens (including phenoxy) is 1. The zero-order chi connectivity index (χ0) is 23.0. The number of hydrogen-bond donors (Lipinski definition) is 1. The second-order valence-electron chi connectivity index (χ2n) is 7.01. The lowest BCUT2D eigenvalue weighted by atomic mass is 10.2. The van der Waals surface area contributed by atoms with Gasteiger partial charge in [0.2, 0.25) is 10.2 Å². The molecule has 0 aliphatic rings. The Morgan fingerprint density at radius 2 is 1.64 bits per heavy atom. The van der Waals surface area contributed by atoms with Crippen molar-refractivity contribution in [3.63, 3.8) is 0 Å². The predicted octanol–water partition coefficient (Wildman–Crippen LogP) is 5.32. The van der Waals surface area contributed by atoms with E-state index in [0.29, 0.717) is 11.0 Å². The van der Waals surface area contributed by atoms with E-state index in [-0.39, 0.29) is 11.7 Å². The Balaban J connectivity index is 1.74. The lowest BCUT2D eigenvalue weighted by Crippen LogP contribution is -2.17. The van der Waals surface area contributed by atoms with E-state index in [9.17, 15) is 4.79 Å². The van der Waals surface area contributed by atoms with Gasteiger partial charge in [0.25, 0.3) is 0 Å². The van der Waals surface area contributed by atoms with Crippen molar-refractivity contribution in [3.05, 3.63) is 90.5 Å². The fourth-order valence-corrected chi connectivity index (χ4v) is 3.89. The summed E-state index contributed by atoms with van der Waals surface area (Å²) in [6, 6.07) is 27.3. The zero-order valence-corrected chi connectivity index (χ0v) is 19.1. The number of hydrazone groups is 1. The Kier molecular flexibility index (Phi) is 7.16. The van der Waals surface area contributed by atoms with Crippen LogP contribution in [0, 0.1) is 6.92 Å². The molecule has 4 rings (SSSR count). The molecular weight excluding hydrogens is 434 g/mol. The number of hydrogen-bond acceptors (Lipinski definition) is 7. The molecule has 8 heteroatoms. The summed E-state index contributed by atoms with van der Waals surface area (Å²) >= 11 is 1.10. The van der Waals surface area contributed by atoms with E-state index in [1.807, 2.05) is 96.4 Å². The number of nitrogens with one attached hydrogen (secondary N) is 1. The molecular formula is C25H23N5O2S. The number of benzene rings is 3. The third-order valence-corrected chi connectivity index (χ3v) is 5.64. The van der Waals surface area contributed by atoms with E-state index in [1.54, 1.807) is 6.92 Å². The summed E-state index contributed by atoms with van der Waals surface area (Å²) in [5, 5.41) is 13.8. The highest BCUT2D eigenvalue weighted by Crippen LogP contribution is 2.29. The van der Waals surface area contributed by atoms with Gasteiger partial charge in [-0.2, -0.15) is 5.10 Å². The van der Waals surface area contributed by atoms with Gasteiger partial charge in [0, 0.05) is 11.3 Å². The van der Waals surface area contributed by atoms with Crippen LogP contribution in [0.3, 0.4) is 0 Å². The molecule has 4 aromatic rings. The molecule has 0 bridgehead atoms. The maximum Gasteiger partial charge on any atom is 0.365 e. The molecule has 0 aliphatic carbocycles. The number of carbonyl (C=O) groups excluding carboxylic acids is 1. The normalized spacial score (nSPS) is 11.3. The molecule has 0 saturated heterocycles. The number of esters is 1. The minimum absolute atomic E-state index is 0.129. The molecule has 0 unspecified atom stereocenters. The van der Waals surface area contributed by atoms with Crippen LogP contribution in [-0.2, 0) is 9.53 Å². The van der Waals surface area contributed by atoms with Gasteiger partial charge in [-0.05, 0) is 49.4 Å². The van der Waals surface area contributed by atoms with Crippen LogP contribution < -0.4 is 5.43 Å². The van der Waals surface area contributed by atoms with E-state index in [0.717, 1.165) is 34.3 Å². The van der Waals surface area contributed by atoms with E-state index in [2.05, 4.69) is 20.7 Å². The van der Waals surface area contributed by atoms with Crippen molar-refractivity contribution in [1.82, 2.24) is 14.8 Å². The molecule has 0 saturated carbocycles. The second-order valence-corrected chi connectivity index (χ2v) is 7.97. The number of para-hydroxylation sites is 2. The van der Waals surface area contributed by atoms with Gasteiger partial charge < -0.3 is 4.74 Å². The molecule has 3 aromatic carbocycles. The standard InChI is InChI=1S/C25H23N5O2S/c1-3-32-24(31)23(28-26-21-17-11-10-12-18(21)2)33-25-29-27-22(19-13-6-4-7-14-19)30(25)20-15-8-5-9-16-20/h4-17,26H,3H2,1-2H3/b28-23+. The van der Waals surface area contributed by atoms with Crippen molar-refractivity contribution in [2.75, 3.05) is 12.0 Å². The largest absolute Gasteiger partial charge is 0.461 e. The number of nitrogens with zero attached hydrogens (tertiary/aromatic N) is 4. The fourth-order valence-electron chi connectivity index (χ4n) is 3.12. The molecule has 1 heterocycles. The van der Waals surface area contributed by atoms with Crippen LogP contribution in [0.25, 0.3) is 17.1 Å². The Labute approximate surface area is 196 Å². The van der Waals surface area contributed by atoms with Crippen molar-refractivity contribution in [2.45, 2.75) is 19.0 Å². The van der Waals surface area contributed by atoms with Crippen LogP contribution in [0.4, 0.5) is 5.69 Å². The molecule has 0 radical (unpaired) electrons. The molecule has 7 nitrogen and oxygen atoms in total. The summed E-state index contributed by atoms with van der Waals surface area (Å²) in [7, 11) is 0. The third kappa shape index (κ3) is 5.30. The first-order valence-electron chi connectivity index (χ1n) is 10.5. The Bertz CT molecular complexity index is 1260. The minimum atomic E-state index is -0.535. The van der Waals surface area contributed by atoms with E-state index < -0.39 is 5.97 Å². The Morgan fingerprint density at radius 3 is 2.33 bits per heavy atom. The van der Waals surface area contributed by atoms with Crippen molar-refractivity contribution in [2.24, 2.45) is 5.10 Å². The summed E-state index contributed by atoms with van der Waals surface area (Å²) < 4.78 is 7.15. The maximum absolute atomic E-state index is 12.7. The predicted molar refractivity (Wildman–Crippen MR) is 132 cm³/mol. The lowest BCUT2D eigenvalue weighted by molar-refractivity contribution is -0.134. The van der Waals surface area contributed by atoms with Crippen molar-refractivity contribution in [1.29, 1.82) is 0 Å². The van der Waals surface area contributed by atoms with Crippen LogP contribution in [0.5, 0.6) is 0 Å². The van der Waals surface area contributed by atoms with Gasteiger partial charge in [-0.25, -0.2) is 4.79 Å². The summed E-state index contributed by atoms with van der Waals surface area (Å²) in [4.78, 5) is 12.7. The van der Waals surface area contributed by atoms with Crippen LogP contribution >= 0.6 is 11.8 Å². The highest BCUT2D eigenvalue weighted by atomic mass is 32.2. The number of anilines is 1. The molecule has 33 heavy (non-hydrogen) atoms. The highest BCUT2D eigenvalue weighted by molar-refractivity contribution is 8.15. The molecule has 1 aromatic heterocycles. The molecule has 0 amide bonds. The molecule has 0 atom stereocenters. The van der Waals surface area contributed by atoms with Gasteiger partial charge in [0.05, 0.1) is 12.3 Å². The van der Waals surface area contributed by atoms with Crippen LogP contribution in [-0.4, -0.2) is 32.4 Å². The monoisotopic (exact) mass is 457 g/mol. The molecule has 0 fully saturated rings. The first-order chi connectivity index (χ1) is 16.2. The first-order valence-corrected chi connectivity index (χ1v) is 11.3. The van der Waals surface area contributed by atoms with Crippen LogP contribution in [0.15, 0.2) is 95.2 Å². The van der Waals surface area contributed by atoms with Crippen LogP contribution in [0.2, 0.25) is 0 Å². The highest BCUT2D eigenvalue weighted by Gasteiger charge is 2.22. The van der Waals surface area contributed by atoms with Gasteiger partial charge in [-0.15, -0.1) is 10.2 Å². The number of aromatic nitrogens is 3. The van der Waals surface area contributed by atoms with E-state index in [4.69, 9.17) is 4.74 Å². The molecule has 166 valence electrons. The lowest BCUT2D eigenvalue weighted by Gasteiger charge is -2.11. The number of rotatable bonds is 6. The van der Waals surface area contributed by atoms with E-state index >= 15 is 0 Å². The van der Waals surface area contributed by atoms with Crippen molar-refractivity contribution in [3.8, 4) is 17.1 Å². The number of aryl methyl sites for hydroxylation is 1. The smallest absolute Gasteiger partial charge is 0.365 e. The van der Waals surface area contributed by atoms with Gasteiger partial charge in [0.1, 0.15) is 0 Å². The zero-order valence-electron chi connectivity index (χ0n) is 18.3. The van der Waals surface area contributed by atoms with Gasteiger partial charge in [-0.3, -0.25) is 9.99 Å². The number of carbonyl (C=O) groups is 1. The topological polar surface area (TPSA) is 81.4 Å². The van der Waals surface area contributed by atoms with Gasteiger partial charge in [0.15, 0.2) is 5.82 Å². The maximum atomic E-state index is 12.7. The third-order valence-electron chi connectivity index (χ3n) is 4.74. The SMILES string of the molecule is CCOC(=O)/C(=N\Nc1ccccc1C)Sc1nnc(-c2ccccc2)n1-c1ccccc1. The quantitative estimate of drug-likeness (QED) is 0.139. The number of thioether (sulfide) groups is 1.